The zero-order valence-corrected chi connectivity index (χ0v) is 89.8. The van der Waals surface area contributed by atoms with Crippen LogP contribution in [0.1, 0.15) is 257 Å². The molecule has 0 fully saturated rings. The third-order valence-corrected chi connectivity index (χ3v) is 24.5. The Bertz CT molecular complexity index is 3970. The minimum atomic E-state index is -4.73. The minimum absolute atomic E-state index is 0. The largest absolute Gasteiger partial charge is 1.00 e. The number of hydrogen-bond donors (Lipinski definition) is 0. The van der Waals surface area contributed by atoms with Crippen LogP contribution in [0, 0.1) is 0 Å². The fourth-order valence-electron chi connectivity index (χ4n) is 14.5. The monoisotopic (exact) mass is 1840 g/mol. The summed E-state index contributed by atoms with van der Waals surface area (Å²) in [5, 5.41) is 0. The summed E-state index contributed by atoms with van der Waals surface area (Å²) in [6, 6.07) is 24.2. The molecular weight excluding hydrogens is 1720 g/mol. The Morgan fingerprint density at radius 1 is 0.208 bits per heavy atom. The van der Waals surface area contributed by atoms with E-state index in [1.807, 2.05) is 72.8 Å². The topological polar surface area (TPSA) is 399 Å². The van der Waals surface area contributed by atoms with Gasteiger partial charge in [0.1, 0.15) is 34.5 Å². The molecule has 0 spiro atoms. The molecule has 6 aromatic carbocycles. The SMILES string of the molecule is CCCCc1cc2c(OCCCS(=O)(=O)[O-])c(c1)Cc1cc(CCCC)cc(c1OCCCS(=O)(=O)[O-])Cc1cc(CCCC)cc(c1OCCCS(=O)(=O)[O-])Cc1cc(CCCC)cc(c1OCCCS(=O)(=O)[O-])Cc1cc(CCCC)cc(c1OCCCS(=O)(=O)[O-])Cc1cc(CCCC)cc(c1OCCCS(=O)(=O)[O-])C2.[Na+].[Na+].[Na+].[Na+].[Na+].[Na+]. The molecule has 636 valence electrons. The molecule has 0 aliphatic heterocycles. The van der Waals surface area contributed by atoms with Crippen molar-refractivity contribution in [3.8, 4) is 34.5 Å². The molecule has 1 aliphatic carbocycles. The van der Waals surface area contributed by atoms with Gasteiger partial charge >= 0.3 is 177 Å². The number of fused-ring (bicyclic) bond motifs is 12. The summed E-state index contributed by atoms with van der Waals surface area (Å²) < 4.78 is 263. The smallest absolute Gasteiger partial charge is 0.748 e. The van der Waals surface area contributed by atoms with Gasteiger partial charge in [-0.1, -0.05) is 153 Å². The third-order valence-electron chi connectivity index (χ3n) is 19.7. The van der Waals surface area contributed by atoms with Crippen molar-refractivity contribution in [1.29, 1.82) is 0 Å². The van der Waals surface area contributed by atoms with E-state index in [-0.39, 0.29) is 294 Å². The second kappa shape index (κ2) is 58.4. The Morgan fingerprint density at radius 2 is 0.317 bits per heavy atom. The standard InChI is InChI=1S/C84H120O24S6.6Na/c1-7-13-25-61-43-67-55-69-45-62(26-14-8-2)47-71(80(69)104-32-20-38-110(88,89)90)57-73-49-64(28-16-10-4)51-75(82(73)106-34-22-40-112(94,95)96)59-77-53-66(30-18-12-6)54-78(84(77)108-36-24-42-114(100,101)102)60-76-52-65(29-17-11-5)50-74(83(76)107-35-23-41-113(97,98)99)58-72-48-63(27-15-9-3)46-70(81(72)105-33-21-39-111(91,92)93)56-68(44-61)79(67)103-31-19-37-109(85,86)87;;;;;;/h43-54H,7-42,55-60H2,1-6H3,(H,85,86,87)(H,88,89,90)(H,91,92,93)(H,94,95,96)(H,97,98,99)(H,100,101,102);;;;;;/q;6*+1/p-6. The number of hydrogen-bond acceptors (Lipinski definition) is 24. The molecule has 24 nitrogen and oxygen atoms in total. The number of aryl methyl sites for hydroxylation is 6. The number of rotatable bonds is 48. The zero-order valence-electron chi connectivity index (χ0n) is 72.9. The fraction of sp³-hybridized carbons (Fsp3) is 0.571. The Hall–Kier alpha value is -0.420. The van der Waals surface area contributed by atoms with Crippen LogP contribution in [0.15, 0.2) is 72.8 Å². The first-order valence-corrected chi connectivity index (χ1v) is 49.7. The van der Waals surface area contributed by atoms with E-state index in [0.717, 1.165) is 110 Å². The molecule has 12 bridgehead atoms. The summed E-state index contributed by atoms with van der Waals surface area (Å²) in [4.78, 5) is 0. The average molecular weight is 1840 g/mol. The van der Waals surface area contributed by atoms with Gasteiger partial charge in [-0.15, -0.1) is 0 Å². The van der Waals surface area contributed by atoms with Crippen molar-refractivity contribution in [1.82, 2.24) is 0 Å². The summed E-state index contributed by atoms with van der Waals surface area (Å²) >= 11 is 0. The third kappa shape index (κ3) is 43.5. The van der Waals surface area contributed by atoms with Crippen molar-refractivity contribution in [2.45, 2.75) is 234 Å². The van der Waals surface area contributed by atoms with Crippen LogP contribution in [0.4, 0.5) is 0 Å². The first kappa shape index (κ1) is 118. The molecule has 0 heterocycles. The van der Waals surface area contributed by atoms with Crippen LogP contribution in [0.5, 0.6) is 34.5 Å². The Balaban J connectivity index is 0.0000120. The van der Waals surface area contributed by atoms with E-state index in [1.54, 1.807) is 0 Å². The average Bonchev–Trinajstić information content (AvgIpc) is 0.775. The molecule has 0 radical (unpaired) electrons. The summed E-state index contributed by atoms with van der Waals surface area (Å²) in [5.74, 6) is -2.53. The molecule has 0 amide bonds. The van der Waals surface area contributed by atoms with Crippen LogP contribution in [-0.4, -0.2) is 152 Å². The van der Waals surface area contributed by atoms with Crippen molar-refractivity contribution < 1.29 is 284 Å². The summed E-state index contributed by atoms with van der Waals surface area (Å²) in [6.45, 7) is 10.9. The van der Waals surface area contributed by atoms with E-state index in [1.165, 1.54) is 0 Å². The molecular formula is C84H114Na6O24S6. The maximum Gasteiger partial charge on any atom is 1.00 e. The van der Waals surface area contributed by atoms with Gasteiger partial charge in [0.05, 0.1) is 100 Å². The Labute approximate surface area is 848 Å². The van der Waals surface area contributed by atoms with Gasteiger partial charge in [0.15, 0.2) is 0 Å². The summed E-state index contributed by atoms with van der Waals surface area (Å²) in [6.07, 6.45) is 11.7. The van der Waals surface area contributed by atoms with Gasteiger partial charge in [-0.3, -0.25) is 0 Å². The van der Waals surface area contributed by atoms with E-state index in [4.69, 9.17) is 28.4 Å². The van der Waals surface area contributed by atoms with Crippen LogP contribution >= 0.6 is 0 Å². The second-order valence-corrected chi connectivity index (χ2v) is 39.1. The summed E-state index contributed by atoms with van der Waals surface area (Å²) in [5.41, 5.74) is 12.5. The Morgan fingerprint density at radius 3 is 0.408 bits per heavy atom. The maximum absolute atomic E-state index is 12.3. The van der Waals surface area contributed by atoms with Crippen LogP contribution in [0.3, 0.4) is 0 Å². The number of benzene rings is 6. The fourth-order valence-corrected chi connectivity index (χ4v) is 17.3. The minimum Gasteiger partial charge on any atom is -0.748 e. The van der Waals surface area contributed by atoms with Gasteiger partial charge in [-0.25, -0.2) is 50.5 Å². The molecule has 0 saturated carbocycles. The van der Waals surface area contributed by atoms with Crippen LogP contribution in [0.2, 0.25) is 0 Å². The molecule has 0 saturated heterocycles. The predicted molar refractivity (Wildman–Crippen MR) is 435 cm³/mol. The number of ether oxygens (including phenoxy) is 6. The molecule has 7 rings (SSSR count). The van der Waals surface area contributed by atoms with Gasteiger partial charge in [0.25, 0.3) is 0 Å². The van der Waals surface area contributed by atoms with Gasteiger partial charge in [-0.2, -0.15) is 0 Å². The van der Waals surface area contributed by atoms with E-state index >= 15 is 0 Å². The molecule has 0 atom stereocenters. The van der Waals surface area contributed by atoms with Crippen molar-refractivity contribution in [3.63, 3.8) is 0 Å². The van der Waals surface area contributed by atoms with E-state index in [2.05, 4.69) is 41.5 Å². The van der Waals surface area contributed by atoms with Crippen molar-refractivity contribution in [2.24, 2.45) is 0 Å². The maximum atomic E-state index is 12.3. The predicted octanol–water partition coefficient (Wildman–Crippen LogP) is -4.49. The van der Waals surface area contributed by atoms with E-state index in [0.29, 0.717) is 140 Å². The first-order chi connectivity index (χ1) is 54.0. The molecule has 36 heteroatoms. The van der Waals surface area contributed by atoms with Gasteiger partial charge in [0.2, 0.25) is 0 Å². The normalized spacial score (nSPS) is 12.5. The van der Waals surface area contributed by atoms with Crippen molar-refractivity contribution in [2.75, 3.05) is 74.2 Å². The number of unbranched alkanes of at least 4 members (excludes halogenated alkanes) is 6. The van der Waals surface area contributed by atoms with E-state index in [9.17, 15) is 77.8 Å². The van der Waals surface area contributed by atoms with Crippen LogP contribution in [0.25, 0.3) is 0 Å². The second-order valence-electron chi connectivity index (χ2n) is 29.9. The Kier molecular flexibility index (Phi) is 57.2. The molecule has 0 unspecified atom stereocenters. The van der Waals surface area contributed by atoms with Crippen molar-refractivity contribution in [3.05, 3.63) is 173 Å². The van der Waals surface area contributed by atoms with Crippen LogP contribution < -0.4 is 206 Å². The summed E-state index contributed by atoms with van der Waals surface area (Å²) in [7, 11) is -28.4. The molecule has 1 aliphatic rings. The quantitative estimate of drug-likeness (QED) is 0.0197. The van der Waals surface area contributed by atoms with Gasteiger partial charge in [-0.05, 0) is 216 Å². The van der Waals surface area contributed by atoms with Crippen LogP contribution in [-0.2, 0) is 138 Å². The molecule has 120 heavy (non-hydrogen) atoms. The zero-order chi connectivity index (χ0) is 83.3. The molecule has 6 aromatic rings. The van der Waals surface area contributed by atoms with E-state index < -0.39 is 95.2 Å². The van der Waals surface area contributed by atoms with Gasteiger partial charge in [0, 0.05) is 73.0 Å². The van der Waals surface area contributed by atoms with Gasteiger partial charge < -0.3 is 55.7 Å². The van der Waals surface area contributed by atoms with Crippen molar-refractivity contribution >= 4 is 60.7 Å². The molecule has 0 aromatic heterocycles. The molecule has 0 N–H and O–H groups in total. The first-order valence-electron chi connectivity index (χ1n) is 40.2.